The second-order valence-corrected chi connectivity index (χ2v) is 2.91. The van der Waals surface area contributed by atoms with E-state index in [0.717, 1.165) is 5.69 Å². The highest BCUT2D eigenvalue weighted by atomic mass is 16.4. The van der Waals surface area contributed by atoms with Crippen LogP contribution in [0, 0.1) is 11.3 Å². The predicted octanol–water partition coefficient (Wildman–Crippen LogP) is 0.687. The number of carboxylic acid groups (broad SMARTS) is 1. The molecule has 0 fully saturated rings. The largest absolute Gasteiger partial charge is 0.478 e. The van der Waals surface area contributed by atoms with E-state index in [0.29, 0.717) is 12.1 Å². The molecule has 14 heavy (non-hydrogen) atoms. The van der Waals surface area contributed by atoms with Crippen LogP contribution >= 0.6 is 0 Å². The van der Waals surface area contributed by atoms with Crippen LogP contribution in [0.2, 0.25) is 0 Å². The molecule has 1 aromatic rings. The Bertz CT molecular complexity index is 448. The predicted molar refractivity (Wildman–Crippen MR) is 48.6 cm³/mol. The number of benzene rings is 1. The lowest BCUT2D eigenvalue weighted by molar-refractivity contribution is 0.0696. The second-order valence-electron chi connectivity index (χ2n) is 2.91. The number of anilines is 1. The minimum Gasteiger partial charge on any atom is -0.478 e. The maximum Gasteiger partial charge on any atom is 0.337 e. The van der Waals surface area contributed by atoms with Crippen LogP contribution < -0.4 is 10.9 Å². The number of nitrogens with one attached hydrogen (secondary N) is 2. The first-order valence-corrected chi connectivity index (χ1v) is 4.02. The molecule has 1 aliphatic rings. The van der Waals surface area contributed by atoms with E-state index in [1.807, 2.05) is 6.07 Å². The summed E-state index contributed by atoms with van der Waals surface area (Å²) in [4.78, 5) is 10.8. The van der Waals surface area contributed by atoms with Gasteiger partial charge in [0.25, 0.3) is 0 Å². The van der Waals surface area contributed by atoms with Gasteiger partial charge in [0, 0.05) is 12.1 Å². The van der Waals surface area contributed by atoms with Gasteiger partial charge in [-0.15, -0.1) is 0 Å². The molecule has 0 radical (unpaired) electrons. The van der Waals surface area contributed by atoms with Crippen LogP contribution in [-0.4, -0.2) is 11.1 Å². The highest BCUT2D eigenvalue weighted by molar-refractivity contribution is 5.92. The molecule has 0 atom stereocenters. The Morgan fingerprint density at radius 2 is 2.36 bits per heavy atom. The molecule has 5 heteroatoms. The number of carboxylic acids is 1. The standard InChI is InChI=1S/C9H7N3O2/c10-3-6-5(9(13)14)1-2-8-7(6)4-11-12-8/h1-2,11-12H,4H2,(H,13,14). The zero-order valence-corrected chi connectivity index (χ0v) is 7.16. The van der Waals surface area contributed by atoms with Crippen molar-refractivity contribution in [2.24, 2.45) is 0 Å². The van der Waals surface area contributed by atoms with Crippen LogP contribution in [0.15, 0.2) is 12.1 Å². The molecule has 0 saturated heterocycles. The minimum atomic E-state index is -1.07. The molecule has 2 rings (SSSR count). The monoisotopic (exact) mass is 189 g/mol. The number of aromatic carboxylic acids is 1. The van der Waals surface area contributed by atoms with Crippen molar-refractivity contribution in [2.45, 2.75) is 6.54 Å². The number of hydrazine groups is 1. The van der Waals surface area contributed by atoms with E-state index >= 15 is 0 Å². The Morgan fingerprint density at radius 1 is 1.57 bits per heavy atom. The van der Waals surface area contributed by atoms with E-state index in [1.54, 1.807) is 6.07 Å². The van der Waals surface area contributed by atoms with Crippen LogP contribution in [-0.2, 0) is 6.54 Å². The quantitative estimate of drug-likeness (QED) is 0.605. The summed E-state index contributed by atoms with van der Waals surface area (Å²) in [5.74, 6) is -1.07. The number of hydrogen-bond donors (Lipinski definition) is 3. The maximum absolute atomic E-state index is 10.8. The van der Waals surface area contributed by atoms with Crippen LogP contribution in [0.4, 0.5) is 5.69 Å². The average Bonchev–Trinajstić information content (AvgIpc) is 2.63. The van der Waals surface area contributed by atoms with E-state index in [-0.39, 0.29) is 11.1 Å². The van der Waals surface area contributed by atoms with Gasteiger partial charge >= 0.3 is 5.97 Å². The molecule has 0 spiro atoms. The number of nitriles is 1. The first-order valence-electron chi connectivity index (χ1n) is 4.02. The van der Waals surface area contributed by atoms with Crippen molar-refractivity contribution in [1.82, 2.24) is 5.43 Å². The van der Waals surface area contributed by atoms with Gasteiger partial charge < -0.3 is 10.5 Å². The van der Waals surface area contributed by atoms with E-state index in [9.17, 15) is 4.79 Å². The van der Waals surface area contributed by atoms with Gasteiger partial charge in [-0.05, 0) is 12.1 Å². The molecule has 0 unspecified atom stereocenters. The van der Waals surface area contributed by atoms with Crippen molar-refractivity contribution < 1.29 is 9.90 Å². The topological polar surface area (TPSA) is 85.2 Å². The summed E-state index contributed by atoms with van der Waals surface area (Å²) in [5.41, 5.74) is 7.45. The Hall–Kier alpha value is -2.06. The van der Waals surface area contributed by atoms with Crippen LogP contribution in [0.25, 0.3) is 0 Å². The highest BCUT2D eigenvalue weighted by Crippen LogP contribution is 2.25. The fourth-order valence-electron chi connectivity index (χ4n) is 1.48. The number of carbonyl (C=O) groups is 1. The first kappa shape index (κ1) is 8.53. The normalized spacial score (nSPS) is 12.8. The Kier molecular flexibility index (Phi) is 1.84. The second kappa shape index (κ2) is 3.01. The first-order chi connectivity index (χ1) is 6.74. The molecule has 1 heterocycles. The molecule has 0 bridgehead atoms. The molecule has 0 saturated carbocycles. The Balaban J connectivity index is 2.67. The van der Waals surface area contributed by atoms with Gasteiger partial charge in [0.1, 0.15) is 6.07 Å². The summed E-state index contributed by atoms with van der Waals surface area (Å²) in [7, 11) is 0. The van der Waals surface area contributed by atoms with Crippen molar-refractivity contribution in [3.8, 4) is 6.07 Å². The lowest BCUT2D eigenvalue weighted by atomic mass is 10.0. The summed E-state index contributed by atoms with van der Waals surface area (Å²) in [6.45, 7) is 0.472. The maximum atomic E-state index is 10.8. The smallest absolute Gasteiger partial charge is 0.337 e. The SMILES string of the molecule is N#Cc1c(C(=O)O)ccc2c1CNN2. The summed E-state index contributed by atoms with van der Waals surface area (Å²) in [6, 6.07) is 5.00. The molecule has 3 N–H and O–H groups in total. The Labute approximate surface area is 79.9 Å². The fourth-order valence-corrected chi connectivity index (χ4v) is 1.48. The van der Waals surface area contributed by atoms with Gasteiger partial charge in [0.05, 0.1) is 16.8 Å². The zero-order chi connectivity index (χ0) is 10.1. The minimum absolute atomic E-state index is 0.0525. The van der Waals surface area contributed by atoms with Gasteiger partial charge in [0.15, 0.2) is 0 Å². The molecule has 70 valence electrons. The lowest BCUT2D eigenvalue weighted by Gasteiger charge is -2.03. The van der Waals surface area contributed by atoms with Crippen LogP contribution in [0.5, 0.6) is 0 Å². The summed E-state index contributed by atoms with van der Waals surface area (Å²) in [6.07, 6.45) is 0. The number of fused-ring (bicyclic) bond motifs is 1. The van der Waals surface area contributed by atoms with Crippen molar-refractivity contribution in [1.29, 1.82) is 5.26 Å². The van der Waals surface area contributed by atoms with E-state index in [2.05, 4.69) is 10.9 Å². The zero-order valence-electron chi connectivity index (χ0n) is 7.16. The molecule has 0 aromatic heterocycles. The van der Waals surface area contributed by atoms with E-state index in [4.69, 9.17) is 10.4 Å². The molecule has 5 nitrogen and oxygen atoms in total. The van der Waals surface area contributed by atoms with Gasteiger partial charge in [-0.2, -0.15) is 5.26 Å². The van der Waals surface area contributed by atoms with Crippen LogP contribution in [0.3, 0.4) is 0 Å². The van der Waals surface area contributed by atoms with Gasteiger partial charge in [0.2, 0.25) is 0 Å². The van der Waals surface area contributed by atoms with Crippen molar-refractivity contribution >= 4 is 11.7 Å². The summed E-state index contributed by atoms with van der Waals surface area (Å²) >= 11 is 0. The third-order valence-corrected chi connectivity index (χ3v) is 2.14. The highest BCUT2D eigenvalue weighted by Gasteiger charge is 2.20. The van der Waals surface area contributed by atoms with Gasteiger partial charge in [-0.3, -0.25) is 0 Å². The number of rotatable bonds is 1. The summed E-state index contributed by atoms with van der Waals surface area (Å²) < 4.78 is 0. The fraction of sp³-hybridized carbons (Fsp3) is 0.111. The van der Waals surface area contributed by atoms with Gasteiger partial charge in [-0.1, -0.05) is 0 Å². The van der Waals surface area contributed by atoms with Crippen molar-refractivity contribution in [3.05, 3.63) is 28.8 Å². The molecule has 0 aliphatic carbocycles. The molecular weight excluding hydrogens is 182 g/mol. The van der Waals surface area contributed by atoms with E-state index in [1.165, 1.54) is 6.07 Å². The molecular formula is C9H7N3O2. The average molecular weight is 189 g/mol. The lowest BCUT2D eigenvalue weighted by Crippen LogP contribution is -2.11. The van der Waals surface area contributed by atoms with Gasteiger partial charge in [-0.25, -0.2) is 10.2 Å². The van der Waals surface area contributed by atoms with Crippen LogP contribution in [0.1, 0.15) is 21.5 Å². The Morgan fingerprint density at radius 3 is 3.00 bits per heavy atom. The van der Waals surface area contributed by atoms with Crippen molar-refractivity contribution in [2.75, 3.05) is 5.43 Å². The molecule has 0 amide bonds. The summed E-state index contributed by atoms with van der Waals surface area (Å²) in [5, 5.41) is 17.7. The molecule has 1 aromatic carbocycles. The third kappa shape index (κ3) is 1.09. The number of hydrogen-bond acceptors (Lipinski definition) is 4. The number of nitrogens with zero attached hydrogens (tertiary/aromatic N) is 1. The third-order valence-electron chi connectivity index (χ3n) is 2.14. The molecule has 1 aliphatic heterocycles. The van der Waals surface area contributed by atoms with E-state index < -0.39 is 5.97 Å². The van der Waals surface area contributed by atoms with Crippen molar-refractivity contribution in [3.63, 3.8) is 0 Å².